The standard InChI is InChI=1S/C9H18N2O.ClH/c1-7(2)9(12)11-5-4-10-8(3)6-11;/h7-8,10H,4-6H2,1-3H3;1H/t8-;/m0./s1. The van der Waals surface area contributed by atoms with Crippen LogP contribution in [0.25, 0.3) is 0 Å². The number of hydrogen-bond donors (Lipinski definition) is 1. The van der Waals surface area contributed by atoms with E-state index in [1.54, 1.807) is 0 Å². The first-order valence-corrected chi connectivity index (χ1v) is 4.63. The van der Waals surface area contributed by atoms with Crippen LogP contribution in [0.5, 0.6) is 0 Å². The highest BCUT2D eigenvalue weighted by Gasteiger charge is 2.21. The SMILES string of the molecule is CC(C)C(=O)N1CCN[C@@H](C)C1.Cl. The highest BCUT2D eigenvalue weighted by molar-refractivity contribution is 5.85. The van der Waals surface area contributed by atoms with E-state index in [9.17, 15) is 4.79 Å². The zero-order valence-corrected chi connectivity index (χ0v) is 9.36. The lowest BCUT2D eigenvalue weighted by Gasteiger charge is -2.33. The van der Waals surface area contributed by atoms with E-state index in [-0.39, 0.29) is 24.2 Å². The van der Waals surface area contributed by atoms with Gasteiger partial charge in [0.15, 0.2) is 0 Å². The van der Waals surface area contributed by atoms with Crippen molar-refractivity contribution in [1.82, 2.24) is 10.2 Å². The molecule has 13 heavy (non-hydrogen) atoms. The second-order valence-electron chi connectivity index (χ2n) is 3.79. The average Bonchev–Trinajstić information content (AvgIpc) is 2.03. The number of hydrogen-bond acceptors (Lipinski definition) is 2. The third kappa shape index (κ3) is 3.53. The molecule has 0 aromatic heterocycles. The molecule has 0 saturated carbocycles. The van der Waals surface area contributed by atoms with Crippen LogP contribution < -0.4 is 5.32 Å². The molecule has 0 aliphatic carbocycles. The van der Waals surface area contributed by atoms with E-state index >= 15 is 0 Å². The van der Waals surface area contributed by atoms with Crippen LogP contribution in [0.2, 0.25) is 0 Å². The summed E-state index contributed by atoms with van der Waals surface area (Å²) in [5.74, 6) is 0.415. The summed E-state index contributed by atoms with van der Waals surface area (Å²) >= 11 is 0. The third-order valence-corrected chi connectivity index (χ3v) is 2.17. The number of carbonyl (C=O) groups excluding carboxylic acids is 1. The first-order valence-electron chi connectivity index (χ1n) is 4.63. The Kier molecular flexibility index (Phi) is 5.33. The van der Waals surface area contributed by atoms with Crippen molar-refractivity contribution in [2.75, 3.05) is 19.6 Å². The number of rotatable bonds is 1. The van der Waals surface area contributed by atoms with E-state index in [4.69, 9.17) is 0 Å². The average molecular weight is 207 g/mol. The van der Waals surface area contributed by atoms with Crippen LogP contribution in [0, 0.1) is 5.92 Å². The highest BCUT2D eigenvalue weighted by Crippen LogP contribution is 2.04. The maximum Gasteiger partial charge on any atom is 0.225 e. The minimum Gasteiger partial charge on any atom is -0.340 e. The maximum atomic E-state index is 11.5. The van der Waals surface area contributed by atoms with Crippen molar-refractivity contribution < 1.29 is 4.79 Å². The molecule has 1 N–H and O–H groups in total. The first-order chi connectivity index (χ1) is 5.61. The monoisotopic (exact) mass is 206 g/mol. The van der Waals surface area contributed by atoms with E-state index in [1.807, 2.05) is 18.7 Å². The van der Waals surface area contributed by atoms with Crippen LogP contribution >= 0.6 is 12.4 Å². The predicted molar refractivity (Wildman–Crippen MR) is 56.1 cm³/mol. The lowest BCUT2D eigenvalue weighted by atomic mass is 10.1. The molecule has 0 aromatic carbocycles. The molecule has 0 aromatic rings. The lowest BCUT2D eigenvalue weighted by molar-refractivity contribution is -0.135. The van der Waals surface area contributed by atoms with Gasteiger partial charge in [-0.25, -0.2) is 0 Å². The molecule has 4 heteroatoms. The molecular weight excluding hydrogens is 188 g/mol. The van der Waals surface area contributed by atoms with E-state index < -0.39 is 0 Å². The zero-order valence-electron chi connectivity index (χ0n) is 8.54. The van der Waals surface area contributed by atoms with Gasteiger partial charge < -0.3 is 10.2 Å². The number of carbonyl (C=O) groups is 1. The van der Waals surface area contributed by atoms with Gasteiger partial charge in [-0.05, 0) is 6.92 Å². The van der Waals surface area contributed by atoms with Gasteiger partial charge in [0.2, 0.25) is 5.91 Å². The Balaban J connectivity index is 0.00000144. The molecule has 1 saturated heterocycles. The number of amides is 1. The van der Waals surface area contributed by atoms with Crippen molar-refractivity contribution >= 4 is 18.3 Å². The molecule has 1 aliphatic rings. The number of nitrogens with zero attached hydrogens (tertiary/aromatic N) is 1. The van der Waals surface area contributed by atoms with Gasteiger partial charge in [-0.2, -0.15) is 0 Å². The highest BCUT2D eigenvalue weighted by atomic mass is 35.5. The van der Waals surface area contributed by atoms with Crippen molar-refractivity contribution in [2.45, 2.75) is 26.8 Å². The molecule has 78 valence electrons. The molecule has 3 nitrogen and oxygen atoms in total. The second kappa shape index (κ2) is 5.45. The molecule has 1 amide bonds. The van der Waals surface area contributed by atoms with Gasteiger partial charge in [-0.3, -0.25) is 4.79 Å². The molecule has 1 rings (SSSR count). The van der Waals surface area contributed by atoms with Gasteiger partial charge in [-0.1, -0.05) is 13.8 Å². The molecule has 1 aliphatic heterocycles. The van der Waals surface area contributed by atoms with E-state index in [1.165, 1.54) is 0 Å². The smallest absolute Gasteiger partial charge is 0.225 e. The van der Waals surface area contributed by atoms with Crippen LogP contribution in [0.3, 0.4) is 0 Å². The van der Waals surface area contributed by atoms with Gasteiger partial charge >= 0.3 is 0 Å². The Labute approximate surface area is 86.3 Å². The molecular formula is C9H19ClN2O. The molecule has 1 atom stereocenters. The fraction of sp³-hybridized carbons (Fsp3) is 0.889. The van der Waals surface area contributed by atoms with Gasteiger partial charge in [0.05, 0.1) is 0 Å². The Morgan fingerprint density at radius 1 is 1.54 bits per heavy atom. The van der Waals surface area contributed by atoms with Gasteiger partial charge in [-0.15, -0.1) is 12.4 Å². The molecule has 0 bridgehead atoms. The minimum atomic E-state index is 0. The summed E-state index contributed by atoms with van der Waals surface area (Å²) in [6, 6.07) is 0.446. The van der Waals surface area contributed by atoms with E-state index in [0.29, 0.717) is 6.04 Å². The summed E-state index contributed by atoms with van der Waals surface area (Å²) < 4.78 is 0. The van der Waals surface area contributed by atoms with Crippen LogP contribution in [-0.2, 0) is 4.79 Å². The molecule has 1 fully saturated rings. The third-order valence-electron chi connectivity index (χ3n) is 2.17. The number of piperazine rings is 1. The topological polar surface area (TPSA) is 32.3 Å². The Morgan fingerprint density at radius 3 is 2.62 bits per heavy atom. The predicted octanol–water partition coefficient (Wildman–Crippen LogP) is 0.885. The first kappa shape index (κ1) is 12.7. The van der Waals surface area contributed by atoms with Crippen molar-refractivity contribution in [3.63, 3.8) is 0 Å². The summed E-state index contributed by atoms with van der Waals surface area (Å²) in [5, 5.41) is 3.31. The fourth-order valence-electron chi connectivity index (χ4n) is 1.50. The van der Waals surface area contributed by atoms with Crippen molar-refractivity contribution in [3.8, 4) is 0 Å². The quantitative estimate of drug-likeness (QED) is 0.691. The maximum absolute atomic E-state index is 11.5. The number of halogens is 1. The number of nitrogens with one attached hydrogen (secondary N) is 1. The summed E-state index contributed by atoms with van der Waals surface area (Å²) in [6.45, 7) is 8.67. The molecule has 0 unspecified atom stereocenters. The second-order valence-corrected chi connectivity index (χ2v) is 3.79. The van der Waals surface area contributed by atoms with Gasteiger partial charge in [0.25, 0.3) is 0 Å². The van der Waals surface area contributed by atoms with Crippen LogP contribution in [0.1, 0.15) is 20.8 Å². The molecule has 1 heterocycles. The summed E-state index contributed by atoms with van der Waals surface area (Å²) in [6.07, 6.45) is 0. The van der Waals surface area contributed by atoms with Crippen LogP contribution in [0.4, 0.5) is 0 Å². The van der Waals surface area contributed by atoms with Crippen LogP contribution in [0.15, 0.2) is 0 Å². The molecule has 0 spiro atoms. The summed E-state index contributed by atoms with van der Waals surface area (Å²) in [7, 11) is 0. The van der Waals surface area contributed by atoms with E-state index in [2.05, 4.69) is 12.2 Å². The minimum absolute atomic E-state index is 0. The van der Waals surface area contributed by atoms with Crippen molar-refractivity contribution in [3.05, 3.63) is 0 Å². The zero-order chi connectivity index (χ0) is 9.14. The normalized spacial score (nSPS) is 22.8. The lowest BCUT2D eigenvalue weighted by Crippen LogP contribution is -2.52. The van der Waals surface area contributed by atoms with Gasteiger partial charge in [0, 0.05) is 31.6 Å². The van der Waals surface area contributed by atoms with Crippen molar-refractivity contribution in [1.29, 1.82) is 0 Å². The Bertz CT molecular complexity index is 173. The van der Waals surface area contributed by atoms with Crippen molar-refractivity contribution in [2.24, 2.45) is 5.92 Å². The summed E-state index contributed by atoms with van der Waals surface area (Å²) in [5.41, 5.74) is 0. The van der Waals surface area contributed by atoms with Gasteiger partial charge in [0.1, 0.15) is 0 Å². The Morgan fingerprint density at radius 2 is 2.15 bits per heavy atom. The molecule has 0 radical (unpaired) electrons. The van der Waals surface area contributed by atoms with Crippen LogP contribution in [-0.4, -0.2) is 36.5 Å². The fourth-order valence-corrected chi connectivity index (χ4v) is 1.50. The largest absolute Gasteiger partial charge is 0.340 e. The van der Waals surface area contributed by atoms with E-state index in [0.717, 1.165) is 19.6 Å². The summed E-state index contributed by atoms with van der Waals surface area (Å²) in [4.78, 5) is 13.5. The Hall–Kier alpha value is -0.280.